The summed E-state index contributed by atoms with van der Waals surface area (Å²) in [5.41, 5.74) is -3.61. The van der Waals surface area contributed by atoms with Crippen LogP contribution in [0.2, 0.25) is 5.21 Å². The summed E-state index contributed by atoms with van der Waals surface area (Å²) in [4.78, 5) is 0. The third-order valence-electron chi connectivity index (χ3n) is 3.80. The number of halogens is 6. The minimum atomic E-state index is -5.30. The Hall–Kier alpha value is -0.290. The Labute approximate surface area is 104 Å². The summed E-state index contributed by atoms with van der Waals surface area (Å²) in [6.45, 7) is 1.41. The third kappa shape index (κ3) is 2.67. The smallest absolute Gasteiger partial charge is 0.170 e. The van der Waals surface area contributed by atoms with E-state index in [0.29, 0.717) is 0 Å². The van der Waals surface area contributed by atoms with Crippen molar-refractivity contribution in [3.8, 4) is 0 Å². The van der Waals surface area contributed by atoms with Crippen molar-refractivity contribution >= 4 is 15.7 Å². The Balaban J connectivity index is 2.95. The van der Waals surface area contributed by atoms with Gasteiger partial charge in [0.1, 0.15) is 0 Å². The molecule has 0 bridgehead atoms. The third-order valence-corrected chi connectivity index (χ3v) is 3.80. The van der Waals surface area contributed by atoms with Gasteiger partial charge in [0.15, 0.2) is 5.41 Å². The zero-order valence-corrected chi connectivity index (χ0v) is 9.83. The number of alkyl halides is 6. The largest absolute Gasteiger partial charge is 0.403 e. The van der Waals surface area contributed by atoms with Crippen LogP contribution in [0.25, 0.3) is 0 Å². The summed E-state index contributed by atoms with van der Waals surface area (Å²) in [6.07, 6.45) is -13.2. The Morgan fingerprint density at radius 3 is 1.44 bits per heavy atom. The average Bonchev–Trinajstić information content (AvgIpc) is 2.13. The lowest BCUT2D eigenvalue weighted by atomic mass is 9.46. The maximum absolute atomic E-state index is 12.7. The first-order chi connectivity index (χ1) is 7.81. The zero-order valence-electron chi connectivity index (χ0n) is 9.83. The van der Waals surface area contributed by atoms with Gasteiger partial charge in [-0.15, -0.1) is 0 Å². The summed E-state index contributed by atoms with van der Waals surface area (Å²) in [5, 5.41) is -1.25. The van der Waals surface area contributed by atoms with Gasteiger partial charge in [0, 0.05) is 0 Å². The minimum Gasteiger partial charge on any atom is -0.170 e. The highest BCUT2D eigenvalue weighted by Crippen LogP contribution is 2.60. The number of rotatable bonds is 1. The molecule has 0 N–H and O–H groups in total. The van der Waals surface area contributed by atoms with Crippen molar-refractivity contribution in [1.29, 1.82) is 0 Å². The first kappa shape index (κ1) is 15.8. The summed E-state index contributed by atoms with van der Waals surface area (Å²) in [6, 6.07) is 0. The zero-order chi connectivity index (χ0) is 14.4. The molecule has 4 radical (unpaired) electrons. The van der Waals surface area contributed by atoms with Crippen LogP contribution in [0.4, 0.5) is 26.3 Å². The van der Waals surface area contributed by atoms with Gasteiger partial charge in [0.05, 0.1) is 15.7 Å². The highest BCUT2D eigenvalue weighted by atomic mass is 19.4. The lowest BCUT2D eigenvalue weighted by Gasteiger charge is -2.45. The van der Waals surface area contributed by atoms with Crippen molar-refractivity contribution in [2.24, 2.45) is 11.3 Å². The Kier molecular flexibility index (Phi) is 3.83. The molecule has 100 valence electrons. The molecule has 0 nitrogen and oxygen atoms in total. The molecule has 0 aromatic rings. The fourth-order valence-electron chi connectivity index (χ4n) is 2.46. The molecule has 0 aromatic heterocycles. The summed E-state index contributed by atoms with van der Waals surface area (Å²) in [5.74, 6) is -0.532. The van der Waals surface area contributed by atoms with Crippen molar-refractivity contribution in [2.45, 2.75) is 50.2 Å². The van der Waals surface area contributed by atoms with Crippen LogP contribution < -0.4 is 0 Å². The molecule has 1 fully saturated rings. The van der Waals surface area contributed by atoms with Gasteiger partial charge in [-0.1, -0.05) is 30.9 Å². The van der Waals surface area contributed by atoms with Gasteiger partial charge in [-0.05, 0) is 12.8 Å². The maximum atomic E-state index is 12.7. The van der Waals surface area contributed by atoms with Crippen LogP contribution in [-0.4, -0.2) is 28.0 Å². The molecule has 1 aliphatic rings. The van der Waals surface area contributed by atoms with Gasteiger partial charge in [0.25, 0.3) is 0 Å². The molecule has 0 spiro atoms. The molecule has 0 unspecified atom stereocenters. The molecule has 1 aliphatic carbocycles. The van der Waals surface area contributed by atoms with E-state index in [2.05, 4.69) is 0 Å². The molecule has 0 atom stereocenters. The van der Waals surface area contributed by atoms with Gasteiger partial charge in [-0.3, -0.25) is 0 Å². The maximum Gasteiger partial charge on any atom is 0.403 e. The predicted molar refractivity (Wildman–Crippen MR) is 56.4 cm³/mol. The second-order valence-electron chi connectivity index (χ2n) is 5.22. The molecule has 0 saturated heterocycles. The normalized spacial score (nSPS) is 23.1. The topological polar surface area (TPSA) is 0 Å². The summed E-state index contributed by atoms with van der Waals surface area (Å²) >= 11 is 0. The molecule has 0 aliphatic heterocycles. The van der Waals surface area contributed by atoms with E-state index in [0.717, 1.165) is 0 Å². The van der Waals surface area contributed by atoms with E-state index in [1.54, 1.807) is 0 Å². The van der Waals surface area contributed by atoms with Gasteiger partial charge >= 0.3 is 12.4 Å². The predicted octanol–water partition coefficient (Wildman–Crippen LogP) is 3.76. The first-order valence-electron chi connectivity index (χ1n) is 5.52. The van der Waals surface area contributed by atoms with E-state index in [-0.39, 0.29) is 12.8 Å². The van der Waals surface area contributed by atoms with Crippen LogP contribution in [0.1, 0.15) is 32.6 Å². The quantitative estimate of drug-likeness (QED) is 0.501. The Morgan fingerprint density at radius 2 is 1.22 bits per heavy atom. The van der Waals surface area contributed by atoms with E-state index in [4.69, 9.17) is 15.7 Å². The van der Waals surface area contributed by atoms with Crippen LogP contribution in [0, 0.1) is 11.3 Å². The highest BCUT2D eigenvalue weighted by Gasteiger charge is 2.70. The van der Waals surface area contributed by atoms with Gasteiger partial charge in [0.2, 0.25) is 0 Å². The highest BCUT2D eigenvalue weighted by molar-refractivity contribution is 6.39. The Bertz CT molecular complexity index is 277. The molecule has 18 heavy (non-hydrogen) atoms. The summed E-state index contributed by atoms with van der Waals surface area (Å²) in [7, 11) is 11.1. The molecule has 1 rings (SSSR count). The molecule has 0 amide bonds. The average molecular weight is 268 g/mol. The van der Waals surface area contributed by atoms with Crippen molar-refractivity contribution in [3.05, 3.63) is 0 Å². The second-order valence-corrected chi connectivity index (χ2v) is 5.22. The van der Waals surface area contributed by atoms with Crippen LogP contribution >= 0.6 is 0 Å². The monoisotopic (exact) mass is 268 g/mol. The Morgan fingerprint density at radius 1 is 0.889 bits per heavy atom. The fourth-order valence-corrected chi connectivity index (χ4v) is 2.46. The van der Waals surface area contributed by atoms with E-state index >= 15 is 0 Å². The minimum absolute atomic E-state index is 0.275. The molecule has 0 heterocycles. The first-order valence-corrected chi connectivity index (χ1v) is 5.52. The number of hydrogen-bond acceptors (Lipinski definition) is 0. The molecule has 1 saturated carbocycles. The number of hydrogen-bond donors (Lipinski definition) is 0. The van der Waals surface area contributed by atoms with E-state index < -0.39 is 41.7 Å². The molecule has 0 aromatic carbocycles. The van der Waals surface area contributed by atoms with E-state index in [9.17, 15) is 26.3 Å². The van der Waals surface area contributed by atoms with Crippen LogP contribution in [0.15, 0.2) is 0 Å². The van der Waals surface area contributed by atoms with Crippen molar-refractivity contribution in [3.63, 3.8) is 0 Å². The van der Waals surface area contributed by atoms with Crippen LogP contribution in [0.3, 0.4) is 0 Å². The molecular formula is C10H12B2F6. The lowest BCUT2D eigenvalue weighted by molar-refractivity contribution is -0.351. The standard InChI is InChI=1S/C10H12B2F6/c1-7(11,12)6-2-4-8(5-3-6,9(13,14)15)10(16,17)18/h6H,2-5H2,1H3. The van der Waals surface area contributed by atoms with Gasteiger partial charge in [-0.2, -0.15) is 26.3 Å². The molecular weight excluding hydrogens is 256 g/mol. The van der Waals surface area contributed by atoms with Crippen molar-refractivity contribution in [1.82, 2.24) is 0 Å². The second kappa shape index (κ2) is 4.37. The van der Waals surface area contributed by atoms with Crippen LogP contribution in [-0.2, 0) is 0 Å². The van der Waals surface area contributed by atoms with E-state index in [1.807, 2.05) is 0 Å². The van der Waals surface area contributed by atoms with E-state index in [1.165, 1.54) is 6.92 Å². The van der Waals surface area contributed by atoms with Crippen molar-refractivity contribution < 1.29 is 26.3 Å². The van der Waals surface area contributed by atoms with Gasteiger partial charge < -0.3 is 0 Å². The fraction of sp³-hybridized carbons (Fsp3) is 1.00. The van der Waals surface area contributed by atoms with Crippen LogP contribution in [0.5, 0.6) is 0 Å². The summed E-state index contributed by atoms with van der Waals surface area (Å²) < 4.78 is 76.4. The van der Waals surface area contributed by atoms with Crippen molar-refractivity contribution in [2.75, 3.05) is 0 Å². The molecule has 8 heteroatoms. The SMILES string of the molecule is [B]C([B])(C)C1CCC(C(F)(F)F)(C(F)(F)F)CC1. The van der Waals surface area contributed by atoms with Gasteiger partial charge in [-0.25, -0.2) is 0 Å². The lowest BCUT2D eigenvalue weighted by Crippen LogP contribution is -2.52.